The molecule has 5 nitrogen and oxygen atoms in total. The van der Waals surface area contributed by atoms with E-state index in [9.17, 15) is 4.79 Å². The first-order valence-electron chi connectivity index (χ1n) is 6.62. The number of amides is 1. The molecule has 7 heteroatoms. The molecule has 0 unspecified atom stereocenters. The normalized spacial score (nSPS) is 17.2. The molecule has 0 saturated heterocycles. The van der Waals surface area contributed by atoms with E-state index in [-0.39, 0.29) is 12.5 Å². The Morgan fingerprint density at radius 1 is 1.32 bits per heavy atom. The van der Waals surface area contributed by atoms with Gasteiger partial charge in [-0.1, -0.05) is 12.1 Å². The van der Waals surface area contributed by atoms with Crippen LogP contribution < -0.4 is 14.9 Å². The molecule has 1 N–H and O–H groups in total. The molecule has 0 fully saturated rings. The largest absolute Gasteiger partial charge is 0.485 e. The average Bonchev–Trinajstić information content (AvgIpc) is 2.98. The van der Waals surface area contributed by atoms with Crippen molar-refractivity contribution < 1.29 is 14.3 Å². The SMILES string of the molecule is C/C(=N\NC(=O)[C@H]1COc2ccccc2O1)c1ccc(Br)s1. The molecule has 2 aromatic rings. The molecule has 1 aliphatic rings. The summed E-state index contributed by atoms with van der Waals surface area (Å²) >= 11 is 4.95. The van der Waals surface area contributed by atoms with Gasteiger partial charge in [0, 0.05) is 0 Å². The predicted molar refractivity (Wildman–Crippen MR) is 88.7 cm³/mol. The van der Waals surface area contributed by atoms with E-state index in [1.807, 2.05) is 31.2 Å². The molecule has 2 heterocycles. The van der Waals surface area contributed by atoms with E-state index in [2.05, 4.69) is 26.5 Å². The van der Waals surface area contributed by atoms with Gasteiger partial charge in [-0.25, -0.2) is 5.43 Å². The summed E-state index contributed by atoms with van der Waals surface area (Å²) in [4.78, 5) is 13.1. The van der Waals surface area contributed by atoms with Crippen LogP contribution in [0.4, 0.5) is 0 Å². The molecule has 114 valence electrons. The highest BCUT2D eigenvalue weighted by Crippen LogP contribution is 2.30. The number of hydrogen-bond acceptors (Lipinski definition) is 5. The Morgan fingerprint density at radius 2 is 2.09 bits per heavy atom. The van der Waals surface area contributed by atoms with E-state index in [1.165, 1.54) is 0 Å². The fourth-order valence-electron chi connectivity index (χ4n) is 1.92. The minimum absolute atomic E-state index is 0.169. The molecular weight excluding hydrogens is 368 g/mol. The average molecular weight is 381 g/mol. The Kier molecular flexibility index (Phi) is 4.44. The van der Waals surface area contributed by atoms with Crippen LogP contribution in [-0.2, 0) is 4.79 Å². The molecule has 1 aromatic carbocycles. The van der Waals surface area contributed by atoms with E-state index < -0.39 is 6.10 Å². The first kappa shape index (κ1) is 15.1. The van der Waals surface area contributed by atoms with Gasteiger partial charge in [0.05, 0.1) is 14.4 Å². The summed E-state index contributed by atoms with van der Waals surface area (Å²) in [5.74, 6) is 0.885. The number of rotatable bonds is 3. The summed E-state index contributed by atoms with van der Waals surface area (Å²) in [5.41, 5.74) is 3.26. The summed E-state index contributed by atoms with van der Waals surface area (Å²) in [6.45, 7) is 2.01. The third-order valence-electron chi connectivity index (χ3n) is 3.06. The van der Waals surface area contributed by atoms with Gasteiger partial charge in [-0.05, 0) is 47.1 Å². The van der Waals surface area contributed by atoms with Gasteiger partial charge < -0.3 is 9.47 Å². The second-order valence-electron chi connectivity index (χ2n) is 4.64. The van der Waals surface area contributed by atoms with Gasteiger partial charge in [0.25, 0.3) is 5.91 Å². The molecule has 1 amide bonds. The zero-order chi connectivity index (χ0) is 15.5. The van der Waals surface area contributed by atoms with Crippen molar-refractivity contribution in [2.75, 3.05) is 6.61 Å². The summed E-state index contributed by atoms with van der Waals surface area (Å²) in [6.07, 6.45) is -0.707. The maximum atomic E-state index is 12.1. The number of nitrogens with one attached hydrogen (secondary N) is 1. The number of carbonyl (C=O) groups excluding carboxylic acids is 1. The first-order chi connectivity index (χ1) is 10.6. The van der Waals surface area contributed by atoms with Crippen LogP contribution >= 0.6 is 27.3 Å². The van der Waals surface area contributed by atoms with Crippen LogP contribution in [0.25, 0.3) is 0 Å². The number of benzene rings is 1. The van der Waals surface area contributed by atoms with Gasteiger partial charge in [0.1, 0.15) is 6.61 Å². The number of para-hydroxylation sites is 2. The Hall–Kier alpha value is -1.86. The smallest absolute Gasteiger partial charge is 0.284 e. The molecule has 1 aromatic heterocycles. The van der Waals surface area contributed by atoms with Gasteiger partial charge >= 0.3 is 0 Å². The van der Waals surface area contributed by atoms with Crippen LogP contribution in [0.5, 0.6) is 11.5 Å². The van der Waals surface area contributed by atoms with Crippen molar-refractivity contribution in [3.63, 3.8) is 0 Å². The zero-order valence-electron chi connectivity index (χ0n) is 11.7. The van der Waals surface area contributed by atoms with Crippen molar-refractivity contribution in [3.8, 4) is 11.5 Å². The predicted octanol–water partition coefficient (Wildman–Crippen LogP) is 3.19. The monoisotopic (exact) mass is 380 g/mol. The number of hydrogen-bond donors (Lipinski definition) is 1. The second kappa shape index (κ2) is 6.50. The Morgan fingerprint density at radius 3 is 2.82 bits per heavy atom. The van der Waals surface area contributed by atoms with Gasteiger partial charge in [-0.2, -0.15) is 5.10 Å². The summed E-state index contributed by atoms with van der Waals surface area (Å²) in [7, 11) is 0. The van der Waals surface area contributed by atoms with Crippen LogP contribution in [0, 0.1) is 0 Å². The minimum atomic E-state index is -0.707. The quantitative estimate of drug-likeness (QED) is 0.656. The van der Waals surface area contributed by atoms with Crippen LogP contribution in [0.15, 0.2) is 45.3 Å². The van der Waals surface area contributed by atoms with Crippen LogP contribution in [0.2, 0.25) is 0 Å². The third-order valence-corrected chi connectivity index (χ3v) is 4.80. The maximum Gasteiger partial charge on any atom is 0.284 e. The lowest BCUT2D eigenvalue weighted by Gasteiger charge is -2.24. The van der Waals surface area contributed by atoms with Crippen molar-refractivity contribution in [3.05, 3.63) is 45.1 Å². The molecule has 0 spiro atoms. The van der Waals surface area contributed by atoms with E-state index >= 15 is 0 Å². The highest BCUT2D eigenvalue weighted by molar-refractivity contribution is 9.11. The molecule has 0 saturated carbocycles. The summed E-state index contributed by atoms with van der Waals surface area (Å²) < 4.78 is 12.2. The van der Waals surface area contributed by atoms with E-state index in [4.69, 9.17) is 9.47 Å². The van der Waals surface area contributed by atoms with Gasteiger partial charge in [-0.3, -0.25) is 4.79 Å². The van der Waals surface area contributed by atoms with Crippen molar-refractivity contribution in [2.24, 2.45) is 5.10 Å². The molecule has 22 heavy (non-hydrogen) atoms. The van der Waals surface area contributed by atoms with Gasteiger partial charge in [0.15, 0.2) is 11.5 Å². The van der Waals surface area contributed by atoms with Crippen LogP contribution in [0.3, 0.4) is 0 Å². The fourth-order valence-corrected chi connectivity index (χ4v) is 3.25. The second-order valence-corrected chi connectivity index (χ2v) is 7.10. The topological polar surface area (TPSA) is 59.9 Å². The fraction of sp³-hybridized carbons (Fsp3) is 0.200. The molecule has 1 aliphatic heterocycles. The Bertz CT molecular complexity index is 729. The van der Waals surface area contributed by atoms with E-state index in [0.717, 1.165) is 14.4 Å². The molecule has 1 atom stereocenters. The molecular formula is C15H13BrN2O3S. The lowest BCUT2D eigenvalue weighted by molar-refractivity contribution is -0.130. The highest BCUT2D eigenvalue weighted by atomic mass is 79.9. The van der Waals surface area contributed by atoms with Crippen molar-refractivity contribution in [1.82, 2.24) is 5.43 Å². The lowest BCUT2D eigenvalue weighted by atomic mass is 10.2. The third kappa shape index (κ3) is 3.31. The van der Waals surface area contributed by atoms with E-state index in [1.54, 1.807) is 23.5 Å². The van der Waals surface area contributed by atoms with Crippen molar-refractivity contribution in [1.29, 1.82) is 0 Å². The molecule has 0 radical (unpaired) electrons. The molecule has 3 rings (SSSR count). The summed E-state index contributed by atoms with van der Waals surface area (Å²) in [6, 6.07) is 11.1. The number of fused-ring (bicyclic) bond motifs is 1. The Balaban J connectivity index is 1.63. The standard InChI is InChI=1S/C15H13BrN2O3S/c1-9(13-6-7-14(16)22-13)17-18-15(19)12-8-20-10-4-2-3-5-11(10)21-12/h2-7,12H,8H2,1H3,(H,18,19)/b17-9+/t12-/m1/s1. The number of carbonyl (C=O) groups is 1. The number of hydrazone groups is 1. The van der Waals surface area contributed by atoms with Crippen LogP contribution in [0.1, 0.15) is 11.8 Å². The van der Waals surface area contributed by atoms with Gasteiger partial charge in [0.2, 0.25) is 6.10 Å². The zero-order valence-corrected chi connectivity index (χ0v) is 14.1. The summed E-state index contributed by atoms with van der Waals surface area (Å²) in [5, 5.41) is 4.11. The highest BCUT2D eigenvalue weighted by Gasteiger charge is 2.27. The number of halogens is 1. The number of ether oxygens (including phenoxy) is 2. The van der Waals surface area contributed by atoms with Gasteiger partial charge in [-0.15, -0.1) is 11.3 Å². The molecule has 0 bridgehead atoms. The number of nitrogens with zero attached hydrogens (tertiary/aromatic N) is 1. The van der Waals surface area contributed by atoms with Crippen molar-refractivity contribution >= 4 is 38.9 Å². The maximum absolute atomic E-state index is 12.1. The van der Waals surface area contributed by atoms with Crippen LogP contribution in [-0.4, -0.2) is 24.3 Å². The Labute approximate surface area is 140 Å². The minimum Gasteiger partial charge on any atom is -0.485 e. The first-order valence-corrected chi connectivity index (χ1v) is 8.23. The molecule has 0 aliphatic carbocycles. The number of thiophene rings is 1. The lowest BCUT2D eigenvalue weighted by Crippen LogP contribution is -2.42. The van der Waals surface area contributed by atoms with Crippen molar-refractivity contribution in [2.45, 2.75) is 13.0 Å². The van der Waals surface area contributed by atoms with E-state index in [0.29, 0.717) is 11.5 Å².